The van der Waals surface area contributed by atoms with Crippen LogP contribution < -0.4 is 5.32 Å². The van der Waals surface area contributed by atoms with Gasteiger partial charge in [-0.15, -0.1) is 0 Å². The van der Waals surface area contributed by atoms with Gasteiger partial charge in [-0.05, 0) is 42.5 Å². The second-order valence-corrected chi connectivity index (χ2v) is 8.18. The molecule has 2 aromatic carbocycles. The second kappa shape index (κ2) is 7.72. The van der Waals surface area contributed by atoms with Gasteiger partial charge in [-0.3, -0.25) is 4.79 Å². The number of nitrogens with zero attached hydrogens (tertiary/aromatic N) is 1. The van der Waals surface area contributed by atoms with Gasteiger partial charge in [-0.1, -0.05) is 34.8 Å². The molecular weight excluding hydrogens is 395 g/mol. The van der Waals surface area contributed by atoms with Crippen LogP contribution in [-0.2, 0) is 14.8 Å². The Morgan fingerprint density at radius 1 is 1.04 bits per heavy atom. The number of likely N-dealkylation sites (N-methyl/N-ethyl adjacent to an activating group) is 1. The second-order valence-electron chi connectivity index (χ2n) is 4.89. The van der Waals surface area contributed by atoms with E-state index in [2.05, 4.69) is 5.32 Å². The highest BCUT2D eigenvalue weighted by Gasteiger charge is 2.25. The molecule has 0 saturated carbocycles. The van der Waals surface area contributed by atoms with Gasteiger partial charge in [0.25, 0.3) is 0 Å². The van der Waals surface area contributed by atoms with Crippen LogP contribution in [0.2, 0.25) is 15.1 Å². The first-order valence-corrected chi connectivity index (χ1v) is 9.24. The number of amides is 1. The van der Waals surface area contributed by atoms with Gasteiger partial charge in [0.05, 0.1) is 11.6 Å². The molecule has 0 aliphatic heterocycles. The van der Waals surface area contributed by atoms with Gasteiger partial charge >= 0.3 is 0 Å². The Kier molecular flexibility index (Phi) is 6.11. The fraction of sp³-hybridized carbons (Fsp3) is 0.133. The third kappa shape index (κ3) is 4.62. The zero-order valence-corrected chi connectivity index (χ0v) is 15.5. The van der Waals surface area contributed by atoms with Crippen LogP contribution in [0.4, 0.5) is 5.69 Å². The molecule has 0 aliphatic carbocycles. The minimum absolute atomic E-state index is 0.0318. The lowest BCUT2D eigenvalue weighted by Gasteiger charge is -2.18. The van der Waals surface area contributed by atoms with Crippen molar-refractivity contribution in [3.8, 4) is 0 Å². The molecule has 0 radical (unpaired) electrons. The predicted molar refractivity (Wildman–Crippen MR) is 96.4 cm³/mol. The number of rotatable bonds is 5. The van der Waals surface area contributed by atoms with Crippen LogP contribution in [-0.4, -0.2) is 32.2 Å². The van der Waals surface area contributed by atoms with Gasteiger partial charge in [0.1, 0.15) is 4.90 Å². The fourth-order valence-corrected chi connectivity index (χ4v) is 3.85. The van der Waals surface area contributed by atoms with E-state index in [4.69, 9.17) is 34.8 Å². The van der Waals surface area contributed by atoms with Crippen molar-refractivity contribution in [2.24, 2.45) is 0 Å². The maximum absolute atomic E-state index is 12.5. The summed E-state index contributed by atoms with van der Waals surface area (Å²) in [5, 5.41) is 3.38. The standard InChI is InChI=1S/C15H13Cl3N2O3S/c1-20(9-15(21)19-12-5-2-10(16)3-6-12)24(22,23)14-8-11(17)4-7-13(14)18/h2-8H,9H2,1H3,(H,19,21). The minimum atomic E-state index is -3.95. The smallest absolute Gasteiger partial charge is 0.244 e. The van der Waals surface area contributed by atoms with E-state index >= 15 is 0 Å². The van der Waals surface area contributed by atoms with Gasteiger partial charge in [0.2, 0.25) is 15.9 Å². The molecule has 0 heterocycles. The van der Waals surface area contributed by atoms with Crippen LogP contribution in [0.15, 0.2) is 47.4 Å². The third-order valence-electron chi connectivity index (χ3n) is 3.08. The number of carbonyl (C=O) groups excluding carboxylic acids is 1. The van der Waals surface area contributed by atoms with Crippen molar-refractivity contribution in [2.75, 3.05) is 18.9 Å². The monoisotopic (exact) mass is 406 g/mol. The molecule has 24 heavy (non-hydrogen) atoms. The van der Waals surface area contributed by atoms with Gasteiger partial charge in [-0.2, -0.15) is 4.31 Å². The highest BCUT2D eigenvalue weighted by atomic mass is 35.5. The zero-order chi connectivity index (χ0) is 17.9. The molecule has 0 fully saturated rings. The predicted octanol–water partition coefficient (Wildman–Crippen LogP) is 3.91. The number of benzene rings is 2. The largest absolute Gasteiger partial charge is 0.325 e. The van der Waals surface area contributed by atoms with Gasteiger partial charge < -0.3 is 5.32 Å². The lowest BCUT2D eigenvalue weighted by atomic mass is 10.3. The number of sulfonamides is 1. The summed E-state index contributed by atoms with van der Waals surface area (Å²) in [5.41, 5.74) is 0.510. The SMILES string of the molecule is CN(CC(=O)Nc1ccc(Cl)cc1)S(=O)(=O)c1cc(Cl)ccc1Cl. The molecule has 1 N–H and O–H groups in total. The van der Waals surface area contributed by atoms with Crippen LogP contribution in [0.25, 0.3) is 0 Å². The Morgan fingerprint density at radius 3 is 2.25 bits per heavy atom. The molecule has 0 bridgehead atoms. The van der Waals surface area contributed by atoms with Crippen LogP contribution >= 0.6 is 34.8 Å². The van der Waals surface area contributed by atoms with E-state index < -0.39 is 15.9 Å². The summed E-state index contributed by atoms with van der Waals surface area (Å²) in [4.78, 5) is 11.9. The number of hydrogen-bond donors (Lipinski definition) is 1. The lowest BCUT2D eigenvalue weighted by Crippen LogP contribution is -2.35. The van der Waals surface area contributed by atoms with Crippen molar-refractivity contribution in [1.82, 2.24) is 4.31 Å². The van der Waals surface area contributed by atoms with E-state index in [0.29, 0.717) is 10.7 Å². The summed E-state index contributed by atoms with van der Waals surface area (Å²) in [6.07, 6.45) is 0. The summed E-state index contributed by atoms with van der Waals surface area (Å²) in [7, 11) is -2.67. The summed E-state index contributed by atoms with van der Waals surface area (Å²) in [6.45, 7) is -0.381. The number of halogens is 3. The first-order valence-electron chi connectivity index (χ1n) is 6.67. The summed E-state index contributed by atoms with van der Waals surface area (Å²) in [6, 6.07) is 10.6. The Morgan fingerprint density at radius 2 is 1.62 bits per heavy atom. The van der Waals surface area contributed by atoms with Gasteiger partial charge in [-0.25, -0.2) is 8.42 Å². The van der Waals surface area contributed by atoms with Crippen LogP contribution in [0, 0.1) is 0 Å². The average molecular weight is 408 g/mol. The number of nitrogens with one attached hydrogen (secondary N) is 1. The maximum Gasteiger partial charge on any atom is 0.244 e. The highest BCUT2D eigenvalue weighted by molar-refractivity contribution is 7.89. The van der Waals surface area contributed by atoms with Crippen LogP contribution in [0.1, 0.15) is 0 Å². The first-order chi connectivity index (χ1) is 11.2. The van der Waals surface area contributed by atoms with E-state index in [1.807, 2.05) is 0 Å². The Bertz CT molecular complexity index is 855. The van der Waals surface area contributed by atoms with Gasteiger partial charge in [0.15, 0.2) is 0 Å². The van der Waals surface area contributed by atoms with Crippen molar-refractivity contribution in [1.29, 1.82) is 0 Å². The summed E-state index contributed by atoms with van der Waals surface area (Å²) >= 11 is 17.5. The van der Waals surface area contributed by atoms with Crippen molar-refractivity contribution >= 4 is 56.4 Å². The zero-order valence-electron chi connectivity index (χ0n) is 12.5. The molecular formula is C15H13Cl3N2O3S. The molecule has 0 spiro atoms. The number of hydrogen-bond acceptors (Lipinski definition) is 3. The topological polar surface area (TPSA) is 66.5 Å². The molecule has 1 amide bonds. The highest BCUT2D eigenvalue weighted by Crippen LogP contribution is 2.27. The first kappa shape index (κ1) is 19.0. The van der Waals surface area contributed by atoms with Crippen molar-refractivity contribution in [3.05, 3.63) is 57.5 Å². The molecule has 2 aromatic rings. The Balaban J connectivity index is 2.12. The molecule has 9 heteroatoms. The van der Waals surface area contributed by atoms with Crippen molar-refractivity contribution < 1.29 is 13.2 Å². The molecule has 0 aliphatic rings. The molecule has 0 atom stereocenters. The van der Waals surface area contributed by atoms with Crippen LogP contribution in [0.3, 0.4) is 0 Å². The Hall–Kier alpha value is -1.31. The molecule has 128 valence electrons. The van der Waals surface area contributed by atoms with Crippen molar-refractivity contribution in [3.63, 3.8) is 0 Å². The van der Waals surface area contributed by atoms with Gasteiger partial charge in [0, 0.05) is 22.8 Å². The average Bonchev–Trinajstić information content (AvgIpc) is 2.51. The summed E-state index contributed by atoms with van der Waals surface area (Å²) < 4.78 is 25.9. The summed E-state index contributed by atoms with van der Waals surface area (Å²) in [5.74, 6) is -0.499. The van der Waals surface area contributed by atoms with E-state index in [0.717, 1.165) is 4.31 Å². The Labute approximate surface area is 155 Å². The molecule has 0 aromatic heterocycles. The normalized spacial score (nSPS) is 11.5. The third-order valence-corrected chi connectivity index (χ3v) is 5.85. The number of carbonyl (C=O) groups is 1. The van der Waals surface area contributed by atoms with E-state index in [1.54, 1.807) is 24.3 Å². The molecule has 0 saturated heterocycles. The quantitative estimate of drug-likeness (QED) is 0.817. The molecule has 2 rings (SSSR count). The van der Waals surface area contributed by atoms with E-state index in [-0.39, 0.29) is 21.5 Å². The van der Waals surface area contributed by atoms with E-state index in [9.17, 15) is 13.2 Å². The minimum Gasteiger partial charge on any atom is -0.325 e. The van der Waals surface area contributed by atoms with Crippen LogP contribution in [0.5, 0.6) is 0 Å². The molecule has 5 nitrogen and oxygen atoms in total. The van der Waals surface area contributed by atoms with Crippen molar-refractivity contribution in [2.45, 2.75) is 4.90 Å². The number of anilines is 1. The molecule has 0 unspecified atom stereocenters. The van der Waals surface area contributed by atoms with E-state index in [1.165, 1.54) is 25.2 Å². The maximum atomic E-state index is 12.5. The lowest BCUT2D eigenvalue weighted by molar-refractivity contribution is -0.116. The fourth-order valence-electron chi connectivity index (χ4n) is 1.86.